The number of nitrogens with zero attached hydrogens (tertiary/aromatic N) is 1. The van der Waals surface area contributed by atoms with Gasteiger partial charge >= 0.3 is 0 Å². The van der Waals surface area contributed by atoms with Crippen molar-refractivity contribution >= 4 is 10.2 Å². The van der Waals surface area contributed by atoms with E-state index in [-0.39, 0.29) is 5.92 Å². The van der Waals surface area contributed by atoms with E-state index in [4.69, 9.17) is 4.42 Å². The molecule has 1 aromatic carbocycles. The zero-order valence-corrected chi connectivity index (χ0v) is 13.8. The molecule has 1 aliphatic heterocycles. The van der Waals surface area contributed by atoms with Crippen LogP contribution in [-0.4, -0.2) is 32.4 Å². The molecule has 0 saturated carbocycles. The number of hydrogen-bond donors (Lipinski definition) is 1. The van der Waals surface area contributed by atoms with Crippen molar-refractivity contribution in [1.29, 1.82) is 0 Å². The fourth-order valence-electron chi connectivity index (χ4n) is 3.00. The van der Waals surface area contributed by atoms with Crippen molar-refractivity contribution in [1.82, 2.24) is 9.03 Å². The molecule has 3 rings (SSSR count). The van der Waals surface area contributed by atoms with Crippen molar-refractivity contribution in [2.45, 2.75) is 25.2 Å². The maximum Gasteiger partial charge on any atom is 0.279 e. The highest BCUT2D eigenvalue weighted by Gasteiger charge is 2.25. The highest BCUT2D eigenvalue weighted by Crippen LogP contribution is 2.28. The van der Waals surface area contributed by atoms with Gasteiger partial charge in [-0.05, 0) is 37.0 Å². The molecule has 0 radical (unpaired) electrons. The molecule has 0 amide bonds. The first kappa shape index (κ1) is 16.2. The molecule has 5 nitrogen and oxygen atoms in total. The average Bonchev–Trinajstić information content (AvgIpc) is 3.25. The second-order valence-corrected chi connectivity index (χ2v) is 7.53. The Bertz CT molecular complexity index is 693. The van der Waals surface area contributed by atoms with Crippen LogP contribution in [0.1, 0.15) is 36.5 Å². The Hall–Kier alpha value is -1.63. The summed E-state index contributed by atoms with van der Waals surface area (Å²) in [6.07, 6.45) is 4.20. The van der Waals surface area contributed by atoms with Gasteiger partial charge < -0.3 is 4.42 Å². The summed E-state index contributed by atoms with van der Waals surface area (Å²) in [4.78, 5) is 0. The van der Waals surface area contributed by atoms with Crippen molar-refractivity contribution in [3.8, 4) is 0 Å². The lowest BCUT2D eigenvalue weighted by Crippen LogP contribution is -2.39. The van der Waals surface area contributed by atoms with Crippen LogP contribution in [0.2, 0.25) is 0 Å². The van der Waals surface area contributed by atoms with E-state index >= 15 is 0 Å². The van der Waals surface area contributed by atoms with Gasteiger partial charge in [-0.25, -0.2) is 4.72 Å². The van der Waals surface area contributed by atoms with Crippen LogP contribution in [0.3, 0.4) is 0 Å². The Morgan fingerprint density at radius 3 is 2.48 bits per heavy atom. The zero-order chi connectivity index (χ0) is 16.1. The van der Waals surface area contributed by atoms with Gasteiger partial charge in [0.2, 0.25) is 0 Å². The molecule has 0 spiro atoms. The van der Waals surface area contributed by atoms with Gasteiger partial charge in [-0.1, -0.05) is 30.3 Å². The summed E-state index contributed by atoms with van der Waals surface area (Å²) >= 11 is 0. The largest absolute Gasteiger partial charge is 0.469 e. The number of rotatable bonds is 7. The molecule has 0 aliphatic carbocycles. The molecule has 23 heavy (non-hydrogen) atoms. The lowest BCUT2D eigenvalue weighted by molar-refractivity contribution is 0.453. The van der Waals surface area contributed by atoms with E-state index in [1.54, 1.807) is 6.26 Å². The first-order valence-electron chi connectivity index (χ1n) is 8.00. The van der Waals surface area contributed by atoms with Crippen LogP contribution in [-0.2, 0) is 10.2 Å². The van der Waals surface area contributed by atoms with Gasteiger partial charge in [0, 0.05) is 25.6 Å². The molecule has 0 unspecified atom stereocenters. The monoisotopic (exact) mass is 334 g/mol. The van der Waals surface area contributed by atoms with Gasteiger partial charge in [0.05, 0.1) is 6.26 Å². The minimum atomic E-state index is -3.35. The summed E-state index contributed by atoms with van der Waals surface area (Å²) < 4.78 is 34.2. The van der Waals surface area contributed by atoms with Gasteiger partial charge in [0.1, 0.15) is 5.76 Å². The van der Waals surface area contributed by atoms with Gasteiger partial charge in [-0.3, -0.25) is 0 Å². The highest BCUT2D eigenvalue weighted by atomic mass is 32.2. The smallest absolute Gasteiger partial charge is 0.279 e. The SMILES string of the molecule is O=S(=O)(NCC[C@H](c1ccccc1)c1ccco1)N1CCCC1. The summed E-state index contributed by atoms with van der Waals surface area (Å²) in [6, 6.07) is 13.8. The molecule has 1 aromatic heterocycles. The summed E-state index contributed by atoms with van der Waals surface area (Å²) in [6.45, 7) is 1.63. The van der Waals surface area contributed by atoms with Crippen molar-refractivity contribution in [2.75, 3.05) is 19.6 Å². The summed E-state index contributed by atoms with van der Waals surface area (Å²) in [5, 5.41) is 0. The normalized spacial score (nSPS) is 17.4. The van der Waals surface area contributed by atoms with E-state index in [2.05, 4.69) is 4.72 Å². The van der Waals surface area contributed by atoms with E-state index in [0.717, 1.165) is 24.2 Å². The van der Waals surface area contributed by atoms with Crippen LogP contribution in [0.25, 0.3) is 0 Å². The van der Waals surface area contributed by atoms with Crippen molar-refractivity contribution < 1.29 is 12.8 Å². The Balaban J connectivity index is 1.66. The van der Waals surface area contributed by atoms with Crippen molar-refractivity contribution in [2.24, 2.45) is 0 Å². The van der Waals surface area contributed by atoms with Gasteiger partial charge in [0.15, 0.2) is 0 Å². The third-order valence-corrected chi connectivity index (χ3v) is 5.82. The molecule has 1 saturated heterocycles. The molecule has 2 aromatic rings. The Labute approximate surface area is 137 Å². The summed E-state index contributed by atoms with van der Waals surface area (Å²) in [5.41, 5.74) is 1.13. The fourth-order valence-corrected chi connectivity index (χ4v) is 4.30. The molecule has 1 aliphatic rings. The molecule has 6 heteroatoms. The number of hydrogen-bond acceptors (Lipinski definition) is 3. The van der Waals surface area contributed by atoms with E-state index in [1.807, 2.05) is 42.5 Å². The van der Waals surface area contributed by atoms with Gasteiger partial charge in [-0.15, -0.1) is 0 Å². The maximum atomic E-state index is 12.2. The molecule has 2 heterocycles. The summed E-state index contributed by atoms with van der Waals surface area (Å²) in [5.74, 6) is 0.907. The Kier molecular flexibility index (Phi) is 5.15. The molecule has 0 bridgehead atoms. The summed E-state index contributed by atoms with van der Waals surface area (Å²) in [7, 11) is -3.35. The number of furan rings is 1. The molecular weight excluding hydrogens is 312 g/mol. The van der Waals surface area contributed by atoms with Crippen LogP contribution in [0.4, 0.5) is 0 Å². The standard InChI is InChI=1S/C17H22N2O3S/c20-23(21,19-12-4-5-13-19)18-11-10-16(17-9-6-14-22-17)15-7-2-1-3-8-15/h1-3,6-9,14,16,18H,4-5,10-13H2/t16-/m1/s1. The minimum Gasteiger partial charge on any atom is -0.469 e. The van der Waals surface area contributed by atoms with E-state index in [1.165, 1.54) is 4.31 Å². The fraction of sp³-hybridized carbons (Fsp3) is 0.412. The third-order valence-electron chi connectivity index (χ3n) is 4.21. The van der Waals surface area contributed by atoms with Crippen LogP contribution >= 0.6 is 0 Å². The lowest BCUT2D eigenvalue weighted by atomic mass is 9.93. The number of benzene rings is 1. The lowest BCUT2D eigenvalue weighted by Gasteiger charge is -2.19. The van der Waals surface area contributed by atoms with Crippen LogP contribution < -0.4 is 4.72 Å². The van der Waals surface area contributed by atoms with Gasteiger partial charge in [-0.2, -0.15) is 12.7 Å². The molecule has 1 N–H and O–H groups in total. The van der Waals surface area contributed by atoms with E-state index in [9.17, 15) is 8.42 Å². The molecule has 1 atom stereocenters. The number of nitrogens with one attached hydrogen (secondary N) is 1. The van der Waals surface area contributed by atoms with Crippen LogP contribution in [0, 0.1) is 0 Å². The van der Waals surface area contributed by atoms with Gasteiger partial charge in [0.25, 0.3) is 10.2 Å². The zero-order valence-electron chi connectivity index (χ0n) is 13.0. The molecular formula is C17H22N2O3S. The second kappa shape index (κ2) is 7.29. The topological polar surface area (TPSA) is 62.6 Å². The Morgan fingerprint density at radius 2 is 1.83 bits per heavy atom. The molecule has 124 valence electrons. The minimum absolute atomic E-state index is 0.0486. The van der Waals surface area contributed by atoms with Crippen LogP contribution in [0.15, 0.2) is 53.1 Å². The Morgan fingerprint density at radius 1 is 1.09 bits per heavy atom. The quantitative estimate of drug-likeness (QED) is 0.847. The maximum absolute atomic E-state index is 12.2. The molecule has 1 fully saturated rings. The first-order chi connectivity index (χ1) is 11.2. The van der Waals surface area contributed by atoms with E-state index < -0.39 is 10.2 Å². The predicted octanol–water partition coefficient (Wildman–Crippen LogP) is 2.73. The van der Waals surface area contributed by atoms with Crippen LogP contribution in [0.5, 0.6) is 0 Å². The van der Waals surface area contributed by atoms with E-state index in [0.29, 0.717) is 26.1 Å². The first-order valence-corrected chi connectivity index (χ1v) is 9.44. The average molecular weight is 334 g/mol. The predicted molar refractivity (Wildman–Crippen MR) is 89.3 cm³/mol. The second-order valence-electron chi connectivity index (χ2n) is 5.77. The van der Waals surface area contributed by atoms with Crippen molar-refractivity contribution in [3.63, 3.8) is 0 Å². The third kappa shape index (κ3) is 4.02. The van der Waals surface area contributed by atoms with Crippen molar-refractivity contribution in [3.05, 3.63) is 60.1 Å². The highest BCUT2D eigenvalue weighted by molar-refractivity contribution is 7.87.